The fraction of sp³-hybridized carbons (Fsp3) is 0.750. The molecule has 1 N–H and O–H groups in total. The van der Waals surface area contributed by atoms with Crippen LogP contribution in [0.5, 0.6) is 0 Å². The Morgan fingerprint density at radius 2 is 2.42 bits per heavy atom. The monoisotopic (exact) mass is 170 g/mol. The molecule has 4 nitrogen and oxygen atoms in total. The number of carbonyl (C=O) groups is 1. The summed E-state index contributed by atoms with van der Waals surface area (Å²) >= 11 is 0. The van der Waals surface area contributed by atoms with Crippen LogP contribution in [0.3, 0.4) is 0 Å². The molecule has 1 amide bonds. The van der Waals surface area contributed by atoms with Gasteiger partial charge in [-0.25, -0.2) is 0 Å². The van der Waals surface area contributed by atoms with E-state index in [2.05, 4.69) is 17.4 Å². The first kappa shape index (κ1) is 9.03. The minimum absolute atomic E-state index is 0.101. The molecule has 0 aromatic rings. The van der Waals surface area contributed by atoms with Gasteiger partial charge in [0, 0.05) is 6.42 Å². The summed E-state index contributed by atoms with van der Waals surface area (Å²) < 4.78 is 0. The molecule has 0 fully saturated rings. The van der Waals surface area contributed by atoms with Crippen LogP contribution in [-0.2, 0) is 9.63 Å². The van der Waals surface area contributed by atoms with Gasteiger partial charge in [0.2, 0.25) is 6.10 Å². The predicted molar refractivity (Wildman–Crippen MR) is 45.6 cm³/mol. The largest absolute Gasteiger partial charge is 0.381 e. The number of unbranched alkanes of at least 4 members (excludes halogenated alkanes) is 1. The zero-order valence-corrected chi connectivity index (χ0v) is 7.46. The third kappa shape index (κ3) is 2.22. The first-order chi connectivity index (χ1) is 5.74. The molecule has 1 aliphatic heterocycles. The molecule has 0 saturated carbocycles. The van der Waals surface area contributed by atoms with Crippen molar-refractivity contribution >= 4 is 11.7 Å². The molecular formula is C8H14N2O2. The number of nitrogens with zero attached hydrogens (tertiary/aromatic N) is 1. The Bertz CT molecular complexity index is 201. The summed E-state index contributed by atoms with van der Waals surface area (Å²) in [6.07, 6.45) is 2.45. The quantitative estimate of drug-likeness (QED) is 0.687. The Hall–Kier alpha value is -1.06. The fourth-order valence-electron chi connectivity index (χ4n) is 0.910. The van der Waals surface area contributed by atoms with Crippen LogP contribution in [0.1, 0.15) is 33.1 Å². The highest BCUT2D eigenvalue weighted by Gasteiger charge is 2.20. The van der Waals surface area contributed by atoms with Crippen LogP contribution in [0.25, 0.3) is 0 Å². The maximum absolute atomic E-state index is 11.1. The van der Waals surface area contributed by atoms with Crippen LogP contribution in [0.2, 0.25) is 0 Å². The van der Waals surface area contributed by atoms with Crippen molar-refractivity contribution < 1.29 is 9.63 Å². The second kappa shape index (κ2) is 4.09. The Morgan fingerprint density at radius 3 is 3.00 bits per heavy atom. The molecule has 4 heteroatoms. The summed E-state index contributed by atoms with van der Waals surface area (Å²) in [5, 5.41) is 6.47. The van der Waals surface area contributed by atoms with Gasteiger partial charge < -0.3 is 10.2 Å². The van der Waals surface area contributed by atoms with Gasteiger partial charge in [-0.3, -0.25) is 4.79 Å². The highest BCUT2D eigenvalue weighted by atomic mass is 16.6. The number of amidine groups is 1. The minimum Gasteiger partial charge on any atom is -0.381 e. The summed E-state index contributed by atoms with van der Waals surface area (Å²) in [4.78, 5) is 15.9. The third-order valence-corrected chi connectivity index (χ3v) is 1.72. The zero-order chi connectivity index (χ0) is 8.97. The van der Waals surface area contributed by atoms with Crippen molar-refractivity contribution in [3.05, 3.63) is 0 Å². The van der Waals surface area contributed by atoms with Crippen molar-refractivity contribution in [2.45, 2.75) is 39.2 Å². The van der Waals surface area contributed by atoms with E-state index in [-0.39, 0.29) is 5.91 Å². The lowest BCUT2D eigenvalue weighted by molar-refractivity contribution is -0.132. The van der Waals surface area contributed by atoms with Crippen LogP contribution in [0.4, 0.5) is 0 Å². The van der Waals surface area contributed by atoms with Crippen LogP contribution in [-0.4, -0.2) is 17.8 Å². The Kier molecular flexibility index (Phi) is 3.08. The van der Waals surface area contributed by atoms with E-state index in [1.165, 1.54) is 0 Å². The molecule has 1 rings (SSSR count). The van der Waals surface area contributed by atoms with E-state index in [1.807, 2.05) is 0 Å². The molecular weight excluding hydrogens is 156 g/mol. The highest BCUT2D eigenvalue weighted by molar-refractivity contribution is 6.00. The second-order valence-electron chi connectivity index (χ2n) is 2.88. The van der Waals surface area contributed by atoms with E-state index in [1.54, 1.807) is 6.92 Å². The summed E-state index contributed by atoms with van der Waals surface area (Å²) in [5.74, 6) is 0.552. The van der Waals surface area contributed by atoms with E-state index in [0.717, 1.165) is 19.3 Å². The molecule has 1 unspecified atom stereocenters. The summed E-state index contributed by atoms with van der Waals surface area (Å²) in [6.45, 7) is 3.77. The molecule has 1 aliphatic rings. The van der Waals surface area contributed by atoms with E-state index < -0.39 is 6.10 Å². The molecule has 0 aromatic carbocycles. The van der Waals surface area contributed by atoms with Crippen molar-refractivity contribution in [3.8, 4) is 0 Å². The molecule has 0 radical (unpaired) electrons. The average molecular weight is 170 g/mol. The van der Waals surface area contributed by atoms with Gasteiger partial charge in [-0.2, -0.15) is 0 Å². The lowest BCUT2D eigenvalue weighted by Gasteiger charge is -2.17. The van der Waals surface area contributed by atoms with Crippen molar-refractivity contribution in [2.24, 2.45) is 5.16 Å². The lowest BCUT2D eigenvalue weighted by Crippen LogP contribution is -2.42. The van der Waals surface area contributed by atoms with Gasteiger partial charge in [-0.05, 0) is 13.3 Å². The number of amides is 1. The molecule has 0 spiro atoms. The molecule has 12 heavy (non-hydrogen) atoms. The molecule has 1 heterocycles. The standard InChI is InChI=1S/C8H14N2O2/c1-3-4-5-7-9-8(11)6(2)12-10-7/h6H,3-5H2,1-2H3,(H,9,10,11). The van der Waals surface area contributed by atoms with Gasteiger partial charge in [-0.15, -0.1) is 0 Å². The summed E-state index contributed by atoms with van der Waals surface area (Å²) in [5.41, 5.74) is 0. The number of oxime groups is 1. The van der Waals surface area contributed by atoms with Crippen LogP contribution in [0, 0.1) is 0 Å². The van der Waals surface area contributed by atoms with Crippen LogP contribution >= 0.6 is 0 Å². The van der Waals surface area contributed by atoms with E-state index in [0.29, 0.717) is 5.84 Å². The Labute approximate surface area is 72.0 Å². The van der Waals surface area contributed by atoms with Crippen molar-refractivity contribution in [1.29, 1.82) is 0 Å². The molecule has 1 atom stereocenters. The first-order valence-electron chi connectivity index (χ1n) is 4.27. The SMILES string of the molecule is CCCCC1=NOC(C)C(=O)N1. The van der Waals surface area contributed by atoms with Gasteiger partial charge in [-0.1, -0.05) is 18.5 Å². The van der Waals surface area contributed by atoms with E-state index in [4.69, 9.17) is 4.84 Å². The van der Waals surface area contributed by atoms with Crippen LogP contribution in [0.15, 0.2) is 5.16 Å². The second-order valence-corrected chi connectivity index (χ2v) is 2.88. The van der Waals surface area contributed by atoms with Gasteiger partial charge in [0.05, 0.1) is 0 Å². The van der Waals surface area contributed by atoms with E-state index >= 15 is 0 Å². The van der Waals surface area contributed by atoms with Gasteiger partial charge in [0.1, 0.15) is 5.84 Å². The van der Waals surface area contributed by atoms with Gasteiger partial charge >= 0.3 is 0 Å². The molecule has 0 aliphatic carbocycles. The molecule has 0 aromatic heterocycles. The molecule has 0 saturated heterocycles. The summed E-state index contributed by atoms with van der Waals surface area (Å²) in [6, 6.07) is 0. The third-order valence-electron chi connectivity index (χ3n) is 1.72. The zero-order valence-electron chi connectivity index (χ0n) is 7.46. The minimum atomic E-state index is -0.449. The number of carbonyl (C=O) groups excluding carboxylic acids is 1. The number of rotatable bonds is 3. The predicted octanol–water partition coefficient (Wildman–Crippen LogP) is 1.02. The number of hydrogen-bond acceptors (Lipinski definition) is 3. The lowest BCUT2D eigenvalue weighted by atomic mass is 10.2. The van der Waals surface area contributed by atoms with Crippen molar-refractivity contribution in [3.63, 3.8) is 0 Å². The smallest absolute Gasteiger partial charge is 0.268 e. The normalized spacial score (nSPS) is 22.7. The Balaban J connectivity index is 2.41. The van der Waals surface area contributed by atoms with Gasteiger partial charge in [0.25, 0.3) is 5.91 Å². The highest BCUT2D eigenvalue weighted by Crippen LogP contribution is 2.03. The fourth-order valence-corrected chi connectivity index (χ4v) is 0.910. The van der Waals surface area contributed by atoms with Crippen LogP contribution < -0.4 is 5.32 Å². The average Bonchev–Trinajstić information content (AvgIpc) is 2.07. The molecule has 68 valence electrons. The van der Waals surface area contributed by atoms with Crippen molar-refractivity contribution in [1.82, 2.24) is 5.32 Å². The van der Waals surface area contributed by atoms with E-state index in [9.17, 15) is 4.79 Å². The summed E-state index contributed by atoms with van der Waals surface area (Å²) in [7, 11) is 0. The number of nitrogens with one attached hydrogen (secondary N) is 1. The number of hydrogen-bond donors (Lipinski definition) is 1. The maximum atomic E-state index is 11.1. The van der Waals surface area contributed by atoms with Gasteiger partial charge in [0.15, 0.2) is 0 Å². The topological polar surface area (TPSA) is 50.7 Å². The molecule has 0 bridgehead atoms. The Morgan fingerprint density at radius 1 is 1.67 bits per heavy atom. The van der Waals surface area contributed by atoms with Crippen molar-refractivity contribution in [2.75, 3.05) is 0 Å². The first-order valence-corrected chi connectivity index (χ1v) is 4.27. The maximum Gasteiger partial charge on any atom is 0.268 e.